The number of fused-ring (bicyclic) bond motifs is 2. The van der Waals surface area contributed by atoms with Gasteiger partial charge < -0.3 is 10.3 Å². The van der Waals surface area contributed by atoms with E-state index in [1.165, 1.54) is 36.9 Å². The van der Waals surface area contributed by atoms with Crippen molar-refractivity contribution >= 4 is 27.9 Å². The van der Waals surface area contributed by atoms with E-state index in [0.717, 1.165) is 16.7 Å². The number of H-pyrrole nitrogens is 1. The molecule has 1 unspecified atom stereocenters. The van der Waals surface area contributed by atoms with E-state index in [-0.39, 0.29) is 22.4 Å². The lowest BCUT2D eigenvalue weighted by molar-refractivity contribution is 0.501. The fraction of sp³-hybridized carbons (Fsp3) is 0.0952. The summed E-state index contributed by atoms with van der Waals surface area (Å²) in [5.41, 5.74) is 0.0686. The van der Waals surface area contributed by atoms with Crippen molar-refractivity contribution in [3.8, 4) is 5.69 Å². The van der Waals surface area contributed by atoms with Gasteiger partial charge in [0.15, 0.2) is 23.1 Å². The molecular formula is C21H14F3N7O. The lowest BCUT2D eigenvalue weighted by Gasteiger charge is -2.20. The number of nitrogens with one attached hydrogen (secondary N) is 2. The number of benzene rings is 2. The number of hydrogen-bond donors (Lipinski definition) is 2. The molecule has 0 saturated carbocycles. The van der Waals surface area contributed by atoms with Crippen LogP contribution in [0.5, 0.6) is 0 Å². The molecule has 3 heterocycles. The van der Waals surface area contributed by atoms with Crippen molar-refractivity contribution < 1.29 is 13.2 Å². The quantitative estimate of drug-likeness (QED) is 0.445. The molecule has 0 radical (unpaired) electrons. The van der Waals surface area contributed by atoms with Crippen molar-refractivity contribution in [2.24, 2.45) is 0 Å². The van der Waals surface area contributed by atoms with E-state index in [1.807, 2.05) is 0 Å². The second kappa shape index (κ2) is 7.45. The number of halogens is 3. The summed E-state index contributed by atoms with van der Waals surface area (Å²) in [4.78, 5) is 33.0. The van der Waals surface area contributed by atoms with Gasteiger partial charge in [-0.1, -0.05) is 6.07 Å². The number of hydrogen-bond acceptors (Lipinski definition) is 6. The van der Waals surface area contributed by atoms with Crippen molar-refractivity contribution in [1.82, 2.24) is 29.5 Å². The maximum atomic E-state index is 14.7. The monoisotopic (exact) mass is 437 g/mol. The minimum atomic E-state index is -1.22. The van der Waals surface area contributed by atoms with Crippen LogP contribution >= 0.6 is 0 Å². The van der Waals surface area contributed by atoms with Gasteiger partial charge in [0.05, 0.1) is 29.0 Å². The highest BCUT2D eigenvalue weighted by Crippen LogP contribution is 2.25. The van der Waals surface area contributed by atoms with Crippen LogP contribution in [0.2, 0.25) is 0 Å². The molecule has 0 aliphatic carbocycles. The van der Waals surface area contributed by atoms with Crippen molar-refractivity contribution in [2.75, 3.05) is 5.32 Å². The highest BCUT2D eigenvalue weighted by molar-refractivity contribution is 5.82. The molecule has 1 atom stereocenters. The van der Waals surface area contributed by atoms with Gasteiger partial charge >= 0.3 is 0 Å². The molecule has 0 bridgehead atoms. The first-order chi connectivity index (χ1) is 15.4. The molecule has 0 aliphatic rings. The molecule has 0 amide bonds. The first-order valence-electron chi connectivity index (χ1n) is 9.51. The summed E-state index contributed by atoms with van der Waals surface area (Å²) in [7, 11) is 0. The summed E-state index contributed by atoms with van der Waals surface area (Å²) >= 11 is 0. The van der Waals surface area contributed by atoms with E-state index in [9.17, 15) is 18.0 Å². The van der Waals surface area contributed by atoms with Crippen LogP contribution in [0.3, 0.4) is 0 Å². The predicted molar refractivity (Wildman–Crippen MR) is 111 cm³/mol. The molecule has 160 valence electrons. The largest absolute Gasteiger partial charge is 0.358 e. The van der Waals surface area contributed by atoms with Crippen LogP contribution in [-0.4, -0.2) is 29.5 Å². The second-order valence-corrected chi connectivity index (χ2v) is 7.03. The first kappa shape index (κ1) is 19.7. The molecule has 8 nitrogen and oxygen atoms in total. The van der Waals surface area contributed by atoms with E-state index >= 15 is 0 Å². The highest BCUT2D eigenvalue weighted by Gasteiger charge is 2.22. The van der Waals surface area contributed by atoms with Gasteiger partial charge in [0.25, 0.3) is 5.56 Å². The number of imidazole rings is 1. The molecule has 5 aromatic rings. The SMILES string of the molecule is CC(Nc1ncnc2[nH]cnc12)c1nc2ccc(F)cc2c(=O)n1-c1cccc(F)c1F. The number of aromatic nitrogens is 6. The number of anilines is 1. The fourth-order valence-electron chi connectivity index (χ4n) is 3.50. The highest BCUT2D eigenvalue weighted by atomic mass is 19.2. The van der Waals surface area contributed by atoms with Gasteiger partial charge in [-0.15, -0.1) is 0 Å². The van der Waals surface area contributed by atoms with Gasteiger partial charge in [0.1, 0.15) is 23.5 Å². The standard InChI is InChI=1S/C21H14F3N7O/c1-10(29-19-17-18(26-8-25-17)27-9-28-19)20-30-14-6-5-11(22)7-12(14)21(32)31(20)15-4-2-3-13(23)16(15)24/h2-10H,1H3,(H2,25,26,27,28,29). The molecule has 3 aromatic heterocycles. The van der Waals surface area contributed by atoms with Gasteiger partial charge in [-0.3, -0.25) is 9.36 Å². The Morgan fingerprint density at radius 2 is 1.94 bits per heavy atom. The number of rotatable bonds is 4. The maximum Gasteiger partial charge on any atom is 0.266 e. The van der Waals surface area contributed by atoms with E-state index in [4.69, 9.17) is 0 Å². The molecule has 5 rings (SSSR count). The Morgan fingerprint density at radius 1 is 1.09 bits per heavy atom. The third-order valence-electron chi connectivity index (χ3n) is 4.99. The number of nitrogens with zero attached hydrogens (tertiary/aromatic N) is 5. The number of aromatic amines is 1. The van der Waals surface area contributed by atoms with Crippen molar-refractivity contribution in [3.63, 3.8) is 0 Å². The van der Waals surface area contributed by atoms with E-state index < -0.39 is 29.1 Å². The molecular weight excluding hydrogens is 423 g/mol. The smallest absolute Gasteiger partial charge is 0.266 e. The topological polar surface area (TPSA) is 101 Å². The third kappa shape index (κ3) is 3.14. The van der Waals surface area contributed by atoms with Crippen LogP contribution in [0.1, 0.15) is 18.8 Å². The third-order valence-corrected chi connectivity index (χ3v) is 4.99. The molecule has 0 spiro atoms. The van der Waals surface area contributed by atoms with Crippen molar-refractivity contribution in [3.05, 3.63) is 82.7 Å². The van der Waals surface area contributed by atoms with Gasteiger partial charge in [-0.25, -0.2) is 33.1 Å². The Hall–Kier alpha value is -4.28. The minimum absolute atomic E-state index is 0.0682. The molecule has 0 saturated heterocycles. The molecule has 2 N–H and O–H groups in total. The van der Waals surface area contributed by atoms with Crippen LogP contribution in [0.25, 0.3) is 27.8 Å². The Morgan fingerprint density at radius 3 is 2.78 bits per heavy atom. The molecule has 0 fully saturated rings. The molecule has 11 heteroatoms. The van der Waals surface area contributed by atoms with E-state index in [1.54, 1.807) is 6.92 Å². The van der Waals surface area contributed by atoms with E-state index in [2.05, 4.69) is 30.2 Å². The van der Waals surface area contributed by atoms with Crippen molar-refractivity contribution in [1.29, 1.82) is 0 Å². The Kier molecular flexibility index (Phi) is 4.58. The minimum Gasteiger partial charge on any atom is -0.358 e. The first-order valence-corrected chi connectivity index (χ1v) is 9.51. The summed E-state index contributed by atoms with van der Waals surface area (Å²) in [5, 5.41) is 3.02. The van der Waals surface area contributed by atoms with Gasteiger partial charge in [0.2, 0.25) is 0 Å². The zero-order valence-electron chi connectivity index (χ0n) is 16.5. The summed E-state index contributed by atoms with van der Waals surface area (Å²) in [6, 6.07) is 6.28. The predicted octanol–water partition coefficient (Wildman–Crippen LogP) is 3.64. The van der Waals surface area contributed by atoms with Gasteiger partial charge in [-0.05, 0) is 37.3 Å². The van der Waals surface area contributed by atoms with Crippen LogP contribution in [0, 0.1) is 17.5 Å². The Bertz CT molecular complexity index is 1550. The molecule has 32 heavy (non-hydrogen) atoms. The average Bonchev–Trinajstić information content (AvgIpc) is 3.26. The zero-order chi connectivity index (χ0) is 22.4. The van der Waals surface area contributed by atoms with Gasteiger partial charge in [0, 0.05) is 0 Å². The molecule has 2 aromatic carbocycles. The lowest BCUT2D eigenvalue weighted by Crippen LogP contribution is -2.28. The molecule has 0 aliphatic heterocycles. The second-order valence-electron chi connectivity index (χ2n) is 7.03. The summed E-state index contributed by atoms with van der Waals surface area (Å²) in [6.45, 7) is 1.67. The van der Waals surface area contributed by atoms with Crippen LogP contribution in [-0.2, 0) is 0 Å². The zero-order valence-corrected chi connectivity index (χ0v) is 16.5. The summed E-state index contributed by atoms with van der Waals surface area (Å²) in [6.07, 6.45) is 2.78. The summed E-state index contributed by atoms with van der Waals surface area (Å²) in [5.74, 6) is -2.58. The lowest BCUT2D eigenvalue weighted by atomic mass is 10.2. The normalized spacial score (nSPS) is 12.4. The van der Waals surface area contributed by atoms with E-state index in [0.29, 0.717) is 17.0 Å². The summed E-state index contributed by atoms with van der Waals surface area (Å²) < 4.78 is 43.4. The Labute approximate surface area is 177 Å². The van der Waals surface area contributed by atoms with Crippen LogP contribution < -0.4 is 10.9 Å². The average molecular weight is 437 g/mol. The maximum absolute atomic E-state index is 14.7. The van der Waals surface area contributed by atoms with Crippen LogP contribution in [0.15, 0.2) is 53.8 Å². The fourth-order valence-corrected chi connectivity index (χ4v) is 3.50. The van der Waals surface area contributed by atoms with Crippen LogP contribution in [0.4, 0.5) is 19.0 Å². The van der Waals surface area contributed by atoms with Gasteiger partial charge in [-0.2, -0.15) is 0 Å². The van der Waals surface area contributed by atoms with Crippen molar-refractivity contribution in [2.45, 2.75) is 13.0 Å². The Balaban J connectivity index is 1.74.